The Morgan fingerprint density at radius 3 is 2.39 bits per heavy atom. The van der Waals surface area contributed by atoms with Crippen LogP contribution < -0.4 is 15.0 Å². The van der Waals surface area contributed by atoms with E-state index in [2.05, 4.69) is 12.2 Å². The van der Waals surface area contributed by atoms with Crippen molar-refractivity contribution in [2.24, 2.45) is 0 Å². The summed E-state index contributed by atoms with van der Waals surface area (Å²) >= 11 is 1.50. The molecule has 0 spiro atoms. The highest BCUT2D eigenvalue weighted by molar-refractivity contribution is 7.09. The van der Waals surface area contributed by atoms with Crippen LogP contribution in [0.4, 0.5) is 16.2 Å². The molecule has 0 bridgehead atoms. The van der Waals surface area contributed by atoms with Crippen molar-refractivity contribution in [3.8, 4) is 5.75 Å². The molecule has 0 aliphatic carbocycles. The minimum Gasteiger partial charge on any atom is -0.497 e. The summed E-state index contributed by atoms with van der Waals surface area (Å²) in [7, 11) is 1.55. The van der Waals surface area contributed by atoms with E-state index in [1.54, 1.807) is 31.4 Å². The fourth-order valence-corrected chi connectivity index (χ4v) is 4.47. The number of benzene rings is 2. The van der Waals surface area contributed by atoms with Gasteiger partial charge in [-0.25, -0.2) is 9.69 Å². The van der Waals surface area contributed by atoms with E-state index in [0.29, 0.717) is 17.1 Å². The number of rotatable bonds is 8. The predicted octanol–water partition coefficient (Wildman–Crippen LogP) is 4.69. The maximum atomic E-state index is 13.3. The number of thiophene rings is 1. The molecule has 1 aliphatic rings. The molecule has 1 saturated heterocycles. The Morgan fingerprint density at radius 1 is 1.06 bits per heavy atom. The van der Waals surface area contributed by atoms with Crippen molar-refractivity contribution in [2.75, 3.05) is 17.3 Å². The van der Waals surface area contributed by atoms with Gasteiger partial charge in [0.1, 0.15) is 11.8 Å². The fraction of sp³-hybridized carbons (Fsp3) is 0.240. The molecule has 1 fully saturated rings. The second kappa shape index (κ2) is 9.87. The standard InChI is InChI=1S/C25H25N3O4S/c1-3-17-6-8-18(9-7-17)26-23(29)15-22-24(30)28(19-10-12-20(32-2)13-11-19)25(31)27(22)16-21-5-4-14-33-21/h4-14,22H,3,15-16H2,1-2H3,(H,26,29)/t22-/m1/s1. The number of carbonyl (C=O) groups excluding carboxylic acids is 3. The number of urea groups is 1. The first-order valence-electron chi connectivity index (χ1n) is 10.7. The first-order valence-corrected chi connectivity index (χ1v) is 11.6. The summed E-state index contributed by atoms with van der Waals surface area (Å²) in [4.78, 5) is 43.0. The summed E-state index contributed by atoms with van der Waals surface area (Å²) in [6, 6.07) is 16.8. The molecule has 1 aliphatic heterocycles. The van der Waals surface area contributed by atoms with Gasteiger partial charge in [-0.1, -0.05) is 25.1 Å². The molecular formula is C25H25N3O4S. The quantitative estimate of drug-likeness (QED) is 0.492. The third-order valence-corrected chi connectivity index (χ3v) is 6.44. The molecule has 170 valence electrons. The van der Waals surface area contributed by atoms with Gasteiger partial charge >= 0.3 is 6.03 Å². The molecule has 7 nitrogen and oxygen atoms in total. The first kappa shape index (κ1) is 22.5. The number of nitrogens with one attached hydrogen (secondary N) is 1. The predicted molar refractivity (Wildman–Crippen MR) is 129 cm³/mol. The third kappa shape index (κ3) is 4.90. The van der Waals surface area contributed by atoms with Gasteiger partial charge in [-0.3, -0.25) is 9.59 Å². The van der Waals surface area contributed by atoms with Crippen LogP contribution in [0.1, 0.15) is 23.8 Å². The van der Waals surface area contributed by atoms with Crippen molar-refractivity contribution in [1.29, 1.82) is 0 Å². The number of carbonyl (C=O) groups is 3. The van der Waals surface area contributed by atoms with Crippen LogP contribution in [0, 0.1) is 0 Å². The molecule has 0 radical (unpaired) electrons. The number of ether oxygens (including phenoxy) is 1. The van der Waals surface area contributed by atoms with E-state index in [4.69, 9.17) is 4.74 Å². The van der Waals surface area contributed by atoms with Crippen LogP contribution in [0.15, 0.2) is 66.0 Å². The van der Waals surface area contributed by atoms with E-state index >= 15 is 0 Å². The monoisotopic (exact) mass is 463 g/mol. The zero-order valence-corrected chi connectivity index (χ0v) is 19.3. The average Bonchev–Trinajstić information content (AvgIpc) is 3.42. The van der Waals surface area contributed by atoms with E-state index < -0.39 is 18.0 Å². The molecule has 3 aromatic rings. The molecule has 0 unspecified atom stereocenters. The Kier molecular flexibility index (Phi) is 6.74. The number of nitrogens with zero attached hydrogens (tertiary/aromatic N) is 2. The van der Waals surface area contributed by atoms with E-state index in [0.717, 1.165) is 16.2 Å². The average molecular weight is 464 g/mol. The van der Waals surface area contributed by atoms with Gasteiger partial charge in [0.15, 0.2) is 0 Å². The van der Waals surface area contributed by atoms with Gasteiger partial charge in [0, 0.05) is 10.6 Å². The van der Waals surface area contributed by atoms with Gasteiger partial charge < -0.3 is 15.0 Å². The van der Waals surface area contributed by atoms with Crippen LogP contribution in [0.3, 0.4) is 0 Å². The number of hydrogen-bond donors (Lipinski definition) is 1. The summed E-state index contributed by atoms with van der Waals surface area (Å²) in [6.45, 7) is 2.32. The van der Waals surface area contributed by atoms with Gasteiger partial charge in [0.05, 0.1) is 25.8 Å². The van der Waals surface area contributed by atoms with E-state index in [1.807, 2.05) is 41.8 Å². The van der Waals surface area contributed by atoms with Crippen molar-refractivity contribution in [3.05, 3.63) is 76.5 Å². The smallest absolute Gasteiger partial charge is 0.332 e. The van der Waals surface area contributed by atoms with Crippen LogP contribution in [0.5, 0.6) is 5.75 Å². The largest absolute Gasteiger partial charge is 0.497 e. The molecule has 1 atom stereocenters. The number of hydrogen-bond acceptors (Lipinski definition) is 5. The maximum Gasteiger partial charge on any atom is 0.332 e. The fourth-order valence-electron chi connectivity index (χ4n) is 3.76. The second-order valence-electron chi connectivity index (χ2n) is 7.68. The maximum absolute atomic E-state index is 13.3. The van der Waals surface area contributed by atoms with Gasteiger partial charge in [0.2, 0.25) is 5.91 Å². The Labute approximate surface area is 196 Å². The van der Waals surface area contributed by atoms with Gasteiger partial charge in [-0.05, 0) is 59.8 Å². The first-order chi connectivity index (χ1) is 16.0. The topological polar surface area (TPSA) is 79.0 Å². The van der Waals surface area contributed by atoms with E-state index in [1.165, 1.54) is 21.8 Å². The second-order valence-corrected chi connectivity index (χ2v) is 8.71. The molecule has 2 aromatic carbocycles. The lowest BCUT2D eigenvalue weighted by Crippen LogP contribution is -2.37. The lowest BCUT2D eigenvalue weighted by atomic mass is 10.1. The number of aryl methyl sites for hydroxylation is 1. The number of amides is 4. The van der Waals surface area contributed by atoms with Crippen molar-refractivity contribution in [3.63, 3.8) is 0 Å². The Bertz CT molecular complexity index is 1130. The summed E-state index contributed by atoms with van der Waals surface area (Å²) in [6.07, 6.45) is 0.782. The molecule has 1 N–H and O–H groups in total. The van der Waals surface area contributed by atoms with E-state index in [9.17, 15) is 14.4 Å². The number of methoxy groups -OCH3 is 1. The molecule has 1 aromatic heterocycles. The van der Waals surface area contributed by atoms with Crippen LogP contribution in [-0.4, -0.2) is 35.9 Å². The van der Waals surface area contributed by atoms with Gasteiger partial charge in [-0.15, -0.1) is 11.3 Å². The van der Waals surface area contributed by atoms with Crippen LogP contribution >= 0.6 is 11.3 Å². The normalized spacial score (nSPS) is 15.8. The zero-order valence-electron chi connectivity index (χ0n) is 18.5. The molecular weight excluding hydrogens is 438 g/mol. The van der Waals surface area contributed by atoms with Gasteiger partial charge in [0.25, 0.3) is 5.91 Å². The Morgan fingerprint density at radius 2 is 1.79 bits per heavy atom. The highest BCUT2D eigenvalue weighted by Gasteiger charge is 2.46. The highest BCUT2D eigenvalue weighted by atomic mass is 32.1. The molecule has 4 amide bonds. The summed E-state index contributed by atoms with van der Waals surface area (Å²) < 4.78 is 5.17. The summed E-state index contributed by atoms with van der Waals surface area (Å²) in [5, 5.41) is 4.76. The lowest BCUT2D eigenvalue weighted by Gasteiger charge is -2.21. The SMILES string of the molecule is CCc1ccc(NC(=O)C[C@@H]2C(=O)N(c3ccc(OC)cc3)C(=O)N2Cc2cccs2)cc1. The summed E-state index contributed by atoms with van der Waals surface area (Å²) in [5.41, 5.74) is 2.27. The number of anilines is 2. The summed E-state index contributed by atoms with van der Waals surface area (Å²) in [5.74, 6) is -0.116. The third-order valence-electron chi connectivity index (χ3n) is 5.58. The van der Waals surface area contributed by atoms with Crippen molar-refractivity contribution in [1.82, 2.24) is 4.90 Å². The van der Waals surface area contributed by atoms with Crippen LogP contribution in [-0.2, 0) is 22.6 Å². The van der Waals surface area contributed by atoms with Crippen molar-refractivity contribution >= 4 is 40.6 Å². The molecule has 33 heavy (non-hydrogen) atoms. The molecule has 0 saturated carbocycles. The molecule has 8 heteroatoms. The molecule has 4 rings (SSSR count). The molecule has 2 heterocycles. The Balaban J connectivity index is 1.56. The van der Waals surface area contributed by atoms with E-state index in [-0.39, 0.29) is 18.9 Å². The highest BCUT2D eigenvalue weighted by Crippen LogP contribution is 2.30. The Hall–Kier alpha value is -3.65. The van der Waals surface area contributed by atoms with Crippen LogP contribution in [0.25, 0.3) is 0 Å². The minimum atomic E-state index is -0.892. The van der Waals surface area contributed by atoms with Crippen molar-refractivity contribution < 1.29 is 19.1 Å². The lowest BCUT2D eigenvalue weighted by molar-refractivity contribution is -0.124. The van der Waals surface area contributed by atoms with Crippen LogP contribution in [0.2, 0.25) is 0 Å². The zero-order chi connectivity index (χ0) is 23.4. The minimum absolute atomic E-state index is 0.127. The number of imide groups is 1. The van der Waals surface area contributed by atoms with Gasteiger partial charge in [-0.2, -0.15) is 0 Å². The van der Waals surface area contributed by atoms with Crippen molar-refractivity contribution in [2.45, 2.75) is 32.4 Å².